The summed E-state index contributed by atoms with van der Waals surface area (Å²) < 4.78 is 10.0. The summed E-state index contributed by atoms with van der Waals surface area (Å²) in [5.41, 5.74) is -3.61. The number of esters is 4. The van der Waals surface area contributed by atoms with Crippen LogP contribution in [-0.2, 0) is 19.1 Å². The summed E-state index contributed by atoms with van der Waals surface area (Å²) in [4.78, 5) is 75.3. The lowest BCUT2D eigenvalue weighted by Crippen LogP contribution is -2.44. The lowest BCUT2D eigenvalue weighted by atomic mass is 9.78. The van der Waals surface area contributed by atoms with E-state index < -0.39 is 52.4 Å². The predicted molar refractivity (Wildman–Crippen MR) is 129 cm³/mol. The number of carboxylic acids is 2. The molecule has 2 rings (SSSR count). The van der Waals surface area contributed by atoms with Crippen molar-refractivity contribution in [3.8, 4) is 0 Å². The van der Waals surface area contributed by atoms with Crippen LogP contribution in [0.15, 0.2) is 48.5 Å². The molecule has 2 N–H and O–H groups in total. The van der Waals surface area contributed by atoms with Gasteiger partial charge in [0.05, 0.1) is 22.3 Å². The normalized spacial score (nSPS) is 10.9. The summed E-state index contributed by atoms with van der Waals surface area (Å²) in [6, 6.07) is 10.2. The van der Waals surface area contributed by atoms with Crippen LogP contribution >= 0.6 is 0 Å². The third-order valence-electron chi connectivity index (χ3n) is 5.82. The Hall–Kier alpha value is -4.34. The van der Waals surface area contributed by atoms with Crippen LogP contribution in [0.25, 0.3) is 0 Å². The molecule has 196 valence electrons. The second-order valence-electron chi connectivity index (χ2n) is 8.34. The first-order valence-corrected chi connectivity index (χ1v) is 11.8. The molecule has 0 amide bonds. The molecule has 0 radical (unpaired) electrons. The zero-order valence-corrected chi connectivity index (χ0v) is 20.5. The molecule has 0 aromatic heterocycles. The molecule has 10 nitrogen and oxygen atoms in total. The fourth-order valence-electron chi connectivity index (χ4n) is 3.74. The Labute approximate surface area is 213 Å². The Morgan fingerprint density at radius 3 is 1.24 bits per heavy atom. The van der Waals surface area contributed by atoms with E-state index in [1.807, 2.05) is 13.8 Å². The van der Waals surface area contributed by atoms with Crippen molar-refractivity contribution in [2.24, 2.45) is 5.41 Å². The minimum absolute atomic E-state index is 0.108. The summed E-state index contributed by atoms with van der Waals surface area (Å²) >= 11 is 0. The van der Waals surface area contributed by atoms with E-state index in [-0.39, 0.29) is 24.0 Å². The Morgan fingerprint density at radius 2 is 0.946 bits per heavy atom. The van der Waals surface area contributed by atoms with E-state index in [1.54, 1.807) is 0 Å². The highest BCUT2D eigenvalue weighted by Gasteiger charge is 2.50. The maximum Gasteiger partial charge on any atom is 0.346 e. The van der Waals surface area contributed by atoms with Gasteiger partial charge >= 0.3 is 35.8 Å². The van der Waals surface area contributed by atoms with E-state index in [0.717, 1.165) is 12.1 Å². The molecular formula is C27H28O10. The molecule has 0 aliphatic rings. The zero-order chi connectivity index (χ0) is 27.6. The van der Waals surface area contributed by atoms with Crippen LogP contribution < -0.4 is 0 Å². The predicted octanol–water partition coefficient (Wildman–Crippen LogP) is 4.52. The molecule has 0 saturated heterocycles. The third kappa shape index (κ3) is 6.87. The summed E-state index contributed by atoms with van der Waals surface area (Å²) in [7, 11) is 0. The fourth-order valence-corrected chi connectivity index (χ4v) is 3.74. The molecule has 0 atom stereocenters. The number of carbonyl (C=O) groups excluding carboxylic acids is 4. The van der Waals surface area contributed by atoms with Gasteiger partial charge in [0.1, 0.15) is 0 Å². The Balaban J connectivity index is 2.44. The van der Waals surface area contributed by atoms with E-state index in [1.165, 1.54) is 36.4 Å². The largest absolute Gasteiger partial charge is 0.478 e. The first-order chi connectivity index (χ1) is 17.6. The number of hydrogen-bond acceptors (Lipinski definition) is 8. The van der Waals surface area contributed by atoms with E-state index >= 15 is 0 Å². The molecule has 10 heteroatoms. The number of benzene rings is 2. The van der Waals surface area contributed by atoms with E-state index in [4.69, 9.17) is 9.47 Å². The Bertz CT molecular complexity index is 1100. The topological polar surface area (TPSA) is 161 Å². The van der Waals surface area contributed by atoms with Gasteiger partial charge in [0.25, 0.3) is 0 Å². The standard InChI is InChI=1S/C27H28O10/c1-3-5-15-27(16-6-4-2,25(34)36-23(32)19-13-9-7-11-17(19)21(28)29)26(35)37-24(33)20-14-10-8-12-18(20)22(30)31/h7-14H,3-6,15-16H2,1-2H3,(H,28,29)(H,30,31). The van der Waals surface area contributed by atoms with Gasteiger partial charge in [0, 0.05) is 0 Å². The smallest absolute Gasteiger partial charge is 0.346 e. The molecular weight excluding hydrogens is 484 g/mol. The average molecular weight is 513 g/mol. The highest BCUT2D eigenvalue weighted by Crippen LogP contribution is 2.35. The second kappa shape index (κ2) is 13.1. The molecule has 2 aromatic carbocycles. The van der Waals surface area contributed by atoms with Crippen molar-refractivity contribution >= 4 is 35.8 Å². The van der Waals surface area contributed by atoms with Crippen molar-refractivity contribution in [2.75, 3.05) is 0 Å². The van der Waals surface area contributed by atoms with Gasteiger partial charge in [0.15, 0.2) is 5.41 Å². The van der Waals surface area contributed by atoms with Gasteiger partial charge in [-0.15, -0.1) is 0 Å². The minimum atomic E-state index is -2.05. The highest BCUT2D eigenvalue weighted by atomic mass is 16.6. The number of hydrogen-bond donors (Lipinski definition) is 2. The lowest BCUT2D eigenvalue weighted by molar-refractivity contribution is -0.166. The van der Waals surface area contributed by atoms with E-state index in [9.17, 15) is 39.0 Å². The van der Waals surface area contributed by atoms with Crippen LogP contribution in [0, 0.1) is 5.41 Å². The van der Waals surface area contributed by atoms with Gasteiger partial charge in [0.2, 0.25) is 0 Å². The molecule has 2 aromatic rings. The lowest BCUT2D eigenvalue weighted by Gasteiger charge is -2.28. The molecule has 0 spiro atoms. The van der Waals surface area contributed by atoms with Gasteiger partial charge in [-0.2, -0.15) is 0 Å². The van der Waals surface area contributed by atoms with Crippen molar-refractivity contribution in [3.63, 3.8) is 0 Å². The average Bonchev–Trinajstić information content (AvgIpc) is 2.88. The molecule has 37 heavy (non-hydrogen) atoms. The van der Waals surface area contributed by atoms with Gasteiger partial charge in [-0.25, -0.2) is 19.2 Å². The van der Waals surface area contributed by atoms with Crippen molar-refractivity contribution in [1.82, 2.24) is 0 Å². The quantitative estimate of drug-likeness (QED) is 0.305. The first-order valence-electron chi connectivity index (χ1n) is 11.8. The fraction of sp³-hybridized carbons (Fsp3) is 0.333. The van der Waals surface area contributed by atoms with Crippen LogP contribution in [0.3, 0.4) is 0 Å². The Morgan fingerprint density at radius 1 is 0.622 bits per heavy atom. The number of ether oxygens (including phenoxy) is 2. The highest BCUT2D eigenvalue weighted by molar-refractivity contribution is 6.12. The summed E-state index contributed by atoms with van der Waals surface area (Å²) in [5.74, 6) is -7.91. The molecule has 0 unspecified atom stereocenters. The number of unbranched alkanes of at least 4 members (excludes halogenated alkanes) is 2. The van der Waals surface area contributed by atoms with Gasteiger partial charge in [-0.1, -0.05) is 63.8 Å². The number of carboxylic acid groups (broad SMARTS) is 2. The monoisotopic (exact) mass is 512 g/mol. The molecule has 0 bridgehead atoms. The second-order valence-corrected chi connectivity index (χ2v) is 8.34. The van der Waals surface area contributed by atoms with Crippen LogP contribution in [0.4, 0.5) is 0 Å². The molecule has 0 heterocycles. The van der Waals surface area contributed by atoms with E-state index in [2.05, 4.69) is 0 Å². The Kier molecular flexibility index (Phi) is 10.2. The zero-order valence-electron chi connectivity index (χ0n) is 20.5. The van der Waals surface area contributed by atoms with Gasteiger partial charge in [-0.05, 0) is 37.1 Å². The third-order valence-corrected chi connectivity index (χ3v) is 5.82. The van der Waals surface area contributed by atoms with Crippen LogP contribution in [0.1, 0.15) is 93.8 Å². The van der Waals surface area contributed by atoms with Crippen LogP contribution in [0.5, 0.6) is 0 Å². The van der Waals surface area contributed by atoms with E-state index in [0.29, 0.717) is 25.7 Å². The van der Waals surface area contributed by atoms with Crippen molar-refractivity contribution in [3.05, 3.63) is 70.8 Å². The summed E-state index contributed by atoms with van der Waals surface area (Å²) in [6.07, 6.45) is 1.58. The number of aromatic carboxylic acids is 2. The van der Waals surface area contributed by atoms with Crippen LogP contribution in [-0.4, -0.2) is 46.0 Å². The minimum Gasteiger partial charge on any atom is -0.478 e. The van der Waals surface area contributed by atoms with Crippen LogP contribution in [0.2, 0.25) is 0 Å². The summed E-state index contributed by atoms with van der Waals surface area (Å²) in [6.45, 7) is 3.62. The maximum absolute atomic E-state index is 13.4. The molecule has 0 saturated carbocycles. The van der Waals surface area contributed by atoms with Crippen molar-refractivity contribution < 1.29 is 48.5 Å². The number of carbonyl (C=O) groups is 6. The SMILES string of the molecule is CCCCC(CCCC)(C(=O)OC(=O)c1ccccc1C(=O)O)C(=O)OC(=O)c1ccccc1C(=O)O. The number of rotatable bonds is 12. The van der Waals surface area contributed by atoms with Gasteiger partial charge in [-0.3, -0.25) is 9.59 Å². The molecule has 0 aliphatic carbocycles. The molecule has 0 fully saturated rings. The summed E-state index contributed by atoms with van der Waals surface area (Å²) in [5, 5.41) is 18.7. The molecule has 0 aliphatic heterocycles. The van der Waals surface area contributed by atoms with Crippen molar-refractivity contribution in [2.45, 2.75) is 52.4 Å². The van der Waals surface area contributed by atoms with Crippen molar-refractivity contribution in [1.29, 1.82) is 0 Å². The first kappa shape index (κ1) is 28.9. The van der Waals surface area contributed by atoms with Gasteiger partial charge < -0.3 is 19.7 Å². The maximum atomic E-state index is 13.4.